The second-order valence-electron chi connectivity index (χ2n) is 11.7. The molecule has 4 heteroatoms. The number of hydrogen-bond donors (Lipinski definition) is 0. The fraction of sp³-hybridized carbons (Fsp3) is 0.679. The van der Waals surface area contributed by atoms with Crippen molar-refractivity contribution >= 4 is 14.1 Å². The quantitative estimate of drug-likeness (QED) is 0.261. The molecule has 32 heavy (non-hydrogen) atoms. The molecule has 1 fully saturated rings. The van der Waals surface area contributed by atoms with E-state index in [0.29, 0.717) is 24.5 Å². The topological polar surface area (TPSA) is 35.5 Å². The molecule has 0 bridgehead atoms. The highest BCUT2D eigenvalue weighted by atomic mass is 28.4. The lowest BCUT2D eigenvalue weighted by Gasteiger charge is -2.48. The minimum absolute atomic E-state index is 0.0816. The van der Waals surface area contributed by atoms with Crippen molar-refractivity contribution in [1.29, 1.82) is 0 Å². The van der Waals surface area contributed by atoms with Gasteiger partial charge in [-0.3, -0.25) is 4.79 Å². The van der Waals surface area contributed by atoms with Gasteiger partial charge in [0.1, 0.15) is 22.9 Å². The van der Waals surface area contributed by atoms with E-state index in [4.69, 9.17) is 9.16 Å². The second kappa shape index (κ2) is 9.25. The monoisotopic (exact) mass is 454 g/mol. The molecule has 0 N–H and O–H groups in total. The summed E-state index contributed by atoms with van der Waals surface area (Å²) >= 11 is 0. The van der Waals surface area contributed by atoms with E-state index in [1.54, 1.807) is 0 Å². The van der Waals surface area contributed by atoms with E-state index in [9.17, 15) is 4.79 Å². The summed E-state index contributed by atoms with van der Waals surface area (Å²) in [6.45, 7) is 17.9. The van der Waals surface area contributed by atoms with Gasteiger partial charge in [-0.1, -0.05) is 52.4 Å². The number of hydrogen-bond acceptors (Lipinski definition) is 3. The van der Waals surface area contributed by atoms with Gasteiger partial charge >= 0.3 is 0 Å². The maximum absolute atomic E-state index is 12.5. The molecule has 176 valence electrons. The first-order valence-corrected chi connectivity index (χ1v) is 15.3. The van der Waals surface area contributed by atoms with Crippen LogP contribution in [-0.4, -0.2) is 19.7 Å². The second-order valence-corrected chi connectivity index (χ2v) is 16.4. The van der Waals surface area contributed by atoms with Crippen molar-refractivity contribution in [2.24, 2.45) is 5.92 Å². The molecule has 2 atom stereocenters. The normalized spacial score (nSPS) is 22.2. The number of ketones is 1. The van der Waals surface area contributed by atoms with Gasteiger partial charge in [0.2, 0.25) is 8.32 Å². The summed E-state index contributed by atoms with van der Waals surface area (Å²) in [5.74, 6) is 9.29. The third kappa shape index (κ3) is 5.25. The van der Waals surface area contributed by atoms with Gasteiger partial charge in [0.15, 0.2) is 0 Å². The van der Waals surface area contributed by atoms with Crippen LogP contribution in [0.15, 0.2) is 12.1 Å². The summed E-state index contributed by atoms with van der Waals surface area (Å²) in [6, 6.07) is 4.20. The molecule has 2 aliphatic rings. The lowest BCUT2D eigenvalue weighted by Crippen LogP contribution is -2.48. The summed E-state index contributed by atoms with van der Waals surface area (Å²) in [7, 11) is -2.07. The summed E-state index contributed by atoms with van der Waals surface area (Å²) < 4.78 is 13.5. The van der Waals surface area contributed by atoms with E-state index in [2.05, 4.69) is 78.6 Å². The maximum Gasteiger partial charge on any atom is 0.250 e. The van der Waals surface area contributed by atoms with E-state index in [1.807, 2.05) is 0 Å². The van der Waals surface area contributed by atoms with E-state index in [0.717, 1.165) is 41.9 Å². The predicted molar refractivity (Wildman–Crippen MR) is 135 cm³/mol. The van der Waals surface area contributed by atoms with Crippen molar-refractivity contribution in [1.82, 2.24) is 0 Å². The Labute approximate surface area is 196 Å². The molecule has 1 aliphatic heterocycles. The van der Waals surface area contributed by atoms with Gasteiger partial charge in [-0.2, -0.15) is 0 Å². The van der Waals surface area contributed by atoms with E-state index in [-0.39, 0.29) is 16.6 Å². The highest BCUT2D eigenvalue weighted by molar-refractivity contribution is 6.74. The smallest absolute Gasteiger partial charge is 0.250 e. The molecule has 1 heterocycles. The zero-order valence-electron chi connectivity index (χ0n) is 21.5. The van der Waals surface area contributed by atoms with Crippen LogP contribution in [0.5, 0.6) is 11.5 Å². The Hall–Kier alpha value is -1.73. The Morgan fingerprint density at radius 3 is 2.59 bits per heavy atom. The lowest BCUT2D eigenvalue weighted by molar-refractivity contribution is -0.124. The number of rotatable bonds is 5. The number of unbranched alkanes of at least 4 members (excludes halogenated alkanes) is 3. The standard InChI is InChI=1S/C28H42O3Si/c1-9-10-11-12-13-14-20-17-24-26(25(18-20)31-32(7,8)27(2,3)4)22-19-21(29)15-16-23(22)28(5,6)30-24/h17-18,22-23H,9-12,15-16,19H2,1-8H3/t22-,23-/m1/s1. The van der Waals surface area contributed by atoms with Crippen molar-refractivity contribution in [3.05, 3.63) is 23.3 Å². The van der Waals surface area contributed by atoms with Crippen LogP contribution < -0.4 is 9.16 Å². The number of Topliss-reactive ketones (excluding diaryl/α,β-unsaturated/α-hetero) is 1. The third-order valence-corrected chi connectivity index (χ3v) is 12.1. The van der Waals surface area contributed by atoms with Gasteiger partial charge < -0.3 is 9.16 Å². The SMILES string of the molecule is CCCCCC#Cc1cc2c(c(O[Si](C)(C)C(C)(C)C)c1)[C@@H]1CC(=O)CC[C@H]1C(C)(C)O2. The summed E-state index contributed by atoms with van der Waals surface area (Å²) in [6.07, 6.45) is 6.59. The average molecular weight is 455 g/mol. The average Bonchev–Trinajstić information content (AvgIpc) is 2.65. The molecular formula is C28H42O3Si. The van der Waals surface area contributed by atoms with E-state index < -0.39 is 8.32 Å². The van der Waals surface area contributed by atoms with Gasteiger partial charge in [-0.15, -0.1) is 0 Å². The minimum Gasteiger partial charge on any atom is -0.543 e. The fourth-order valence-electron chi connectivity index (χ4n) is 4.77. The van der Waals surface area contributed by atoms with E-state index in [1.165, 1.54) is 12.8 Å². The summed E-state index contributed by atoms with van der Waals surface area (Å²) in [4.78, 5) is 12.5. The largest absolute Gasteiger partial charge is 0.543 e. The van der Waals surface area contributed by atoms with Crippen LogP contribution in [0, 0.1) is 17.8 Å². The molecule has 0 saturated heterocycles. The molecule has 3 rings (SSSR count). The zero-order valence-corrected chi connectivity index (χ0v) is 22.5. The molecule has 1 saturated carbocycles. The number of fused-ring (bicyclic) bond motifs is 3. The van der Waals surface area contributed by atoms with E-state index >= 15 is 0 Å². The maximum atomic E-state index is 12.5. The number of ether oxygens (including phenoxy) is 1. The molecule has 3 nitrogen and oxygen atoms in total. The van der Waals surface area contributed by atoms with Crippen LogP contribution in [0.3, 0.4) is 0 Å². The summed E-state index contributed by atoms with van der Waals surface area (Å²) in [5, 5.41) is 0.0816. The van der Waals surface area contributed by atoms with Crippen LogP contribution in [0.1, 0.15) is 104 Å². The molecule has 0 radical (unpaired) electrons. The van der Waals surface area contributed by atoms with Crippen molar-refractivity contribution in [3.8, 4) is 23.3 Å². The van der Waals surface area contributed by atoms with Crippen molar-refractivity contribution < 1.29 is 14.0 Å². The Bertz CT molecular complexity index is 911. The molecule has 0 unspecified atom stereocenters. The van der Waals surface area contributed by atoms with Crippen molar-refractivity contribution in [2.75, 3.05) is 0 Å². The summed E-state index contributed by atoms with van der Waals surface area (Å²) in [5.41, 5.74) is 1.74. The van der Waals surface area contributed by atoms with Crippen LogP contribution in [-0.2, 0) is 4.79 Å². The Kier molecular flexibility index (Phi) is 7.20. The minimum atomic E-state index is -2.07. The highest BCUT2D eigenvalue weighted by Crippen LogP contribution is 2.54. The van der Waals surface area contributed by atoms with Crippen molar-refractivity contribution in [3.63, 3.8) is 0 Å². The lowest BCUT2D eigenvalue weighted by atomic mass is 9.66. The predicted octanol–water partition coefficient (Wildman–Crippen LogP) is 7.63. The number of carbonyl (C=O) groups is 1. The van der Waals surface area contributed by atoms with Gasteiger partial charge in [-0.05, 0) is 57.0 Å². The molecule has 0 spiro atoms. The molecule has 1 aromatic rings. The molecule has 1 aromatic carbocycles. The highest BCUT2D eigenvalue weighted by Gasteiger charge is 2.48. The van der Waals surface area contributed by atoms with Crippen LogP contribution >= 0.6 is 0 Å². The first kappa shape index (κ1) is 24.9. The van der Waals surface area contributed by atoms with Gasteiger partial charge in [-0.25, -0.2) is 0 Å². The van der Waals surface area contributed by atoms with Crippen LogP contribution in [0.2, 0.25) is 18.1 Å². The Balaban J connectivity index is 2.08. The molecule has 0 amide bonds. The zero-order chi connectivity index (χ0) is 23.7. The number of benzene rings is 1. The van der Waals surface area contributed by atoms with Gasteiger partial charge in [0.25, 0.3) is 0 Å². The molecule has 1 aliphatic carbocycles. The van der Waals surface area contributed by atoms with Gasteiger partial charge in [0, 0.05) is 42.2 Å². The van der Waals surface area contributed by atoms with Crippen LogP contribution in [0.4, 0.5) is 0 Å². The fourth-order valence-corrected chi connectivity index (χ4v) is 5.79. The van der Waals surface area contributed by atoms with Crippen molar-refractivity contribution in [2.45, 2.75) is 116 Å². The molecule has 0 aromatic heterocycles. The Morgan fingerprint density at radius 2 is 1.94 bits per heavy atom. The van der Waals surface area contributed by atoms with Gasteiger partial charge in [0.05, 0.1) is 0 Å². The van der Waals surface area contributed by atoms with Crippen LogP contribution in [0.25, 0.3) is 0 Å². The third-order valence-electron chi connectivity index (χ3n) is 7.72. The first-order chi connectivity index (χ1) is 14.9. The molecular weight excluding hydrogens is 412 g/mol. The first-order valence-electron chi connectivity index (χ1n) is 12.4. The Morgan fingerprint density at radius 1 is 1.22 bits per heavy atom. The number of carbonyl (C=O) groups excluding carboxylic acids is 1.